The van der Waals surface area contributed by atoms with E-state index in [4.69, 9.17) is 5.26 Å². The Morgan fingerprint density at radius 2 is 1.29 bits per heavy atom. The number of hydrogen-bond acceptors (Lipinski definition) is 2. The van der Waals surface area contributed by atoms with Gasteiger partial charge in [-0.2, -0.15) is 5.26 Å². The van der Waals surface area contributed by atoms with Crippen LogP contribution >= 0.6 is 0 Å². The molecule has 0 heterocycles. The van der Waals surface area contributed by atoms with E-state index in [0.29, 0.717) is 18.1 Å². The molecule has 1 N–H and O–H groups in total. The summed E-state index contributed by atoms with van der Waals surface area (Å²) in [6.07, 6.45) is -0.349. The predicted molar refractivity (Wildman–Crippen MR) is 101 cm³/mol. The molecule has 0 saturated heterocycles. The molecule has 3 aromatic rings. The lowest BCUT2D eigenvalue weighted by Crippen LogP contribution is -2.04. The number of nitriles is 1. The van der Waals surface area contributed by atoms with Crippen molar-refractivity contribution in [3.8, 4) is 22.9 Å². The molecule has 31 heavy (non-hydrogen) atoms. The largest absolute Gasteiger partial charge is 0.507 e. The maximum Gasteiger partial charge on any atom is 0.144 e. The van der Waals surface area contributed by atoms with E-state index in [1.165, 1.54) is 6.07 Å². The normalized spacial score (nSPS) is 10.9. The van der Waals surface area contributed by atoms with Crippen molar-refractivity contribution in [1.29, 1.82) is 5.26 Å². The van der Waals surface area contributed by atoms with Gasteiger partial charge in [0, 0.05) is 11.6 Å². The maximum atomic E-state index is 15.1. The van der Waals surface area contributed by atoms with E-state index in [0.717, 1.165) is 24.3 Å². The van der Waals surface area contributed by atoms with Crippen LogP contribution in [0.25, 0.3) is 11.1 Å². The standard InChI is InChI=1S/C23H15F6NO/c1-2-11-5-18(27)21(19(28)6-11)22-20(31)9-17(26)13(23(22)29)4-3-12-7-15(24)14(10-30)16(25)8-12/h5-9,31H,2-4H2,1H3. The van der Waals surface area contributed by atoms with Crippen LogP contribution in [0.5, 0.6) is 5.75 Å². The van der Waals surface area contributed by atoms with Crippen LogP contribution in [-0.4, -0.2) is 5.11 Å². The Hall–Kier alpha value is -3.47. The molecule has 0 saturated carbocycles. The second kappa shape index (κ2) is 8.72. The number of halogens is 6. The van der Waals surface area contributed by atoms with Gasteiger partial charge in [0.1, 0.15) is 52.3 Å². The molecule has 8 heteroatoms. The van der Waals surface area contributed by atoms with Crippen LogP contribution in [0, 0.1) is 46.2 Å². The van der Waals surface area contributed by atoms with Crippen molar-refractivity contribution in [3.05, 3.63) is 87.5 Å². The monoisotopic (exact) mass is 435 g/mol. The summed E-state index contributed by atoms with van der Waals surface area (Å²) in [5.74, 6) is -8.04. The van der Waals surface area contributed by atoms with E-state index in [9.17, 15) is 27.1 Å². The first-order chi connectivity index (χ1) is 14.7. The summed E-state index contributed by atoms with van der Waals surface area (Å²) >= 11 is 0. The molecule has 0 aromatic heterocycles. The lowest BCUT2D eigenvalue weighted by Gasteiger charge is -2.14. The number of hydrogen-bond donors (Lipinski definition) is 1. The molecule has 0 radical (unpaired) electrons. The summed E-state index contributed by atoms with van der Waals surface area (Å²) in [5.41, 5.74) is -2.75. The zero-order chi connectivity index (χ0) is 22.9. The van der Waals surface area contributed by atoms with E-state index < -0.39 is 69.3 Å². The minimum Gasteiger partial charge on any atom is -0.507 e. The van der Waals surface area contributed by atoms with E-state index in [2.05, 4.69) is 0 Å². The van der Waals surface area contributed by atoms with Crippen LogP contribution in [0.4, 0.5) is 26.3 Å². The van der Waals surface area contributed by atoms with Gasteiger partial charge in [0.05, 0.1) is 11.1 Å². The van der Waals surface area contributed by atoms with Crippen molar-refractivity contribution in [2.75, 3.05) is 0 Å². The lowest BCUT2D eigenvalue weighted by molar-refractivity contribution is 0.457. The summed E-state index contributed by atoms with van der Waals surface area (Å²) in [5, 5.41) is 18.7. The highest BCUT2D eigenvalue weighted by Gasteiger charge is 2.25. The van der Waals surface area contributed by atoms with Crippen LogP contribution in [0.3, 0.4) is 0 Å². The molecule has 0 aliphatic rings. The first-order valence-electron chi connectivity index (χ1n) is 9.24. The topological polar surface area (TPSA) is 44.0 Å². The summed E-state index contributed by atoms with van der Waals surface area (Å²) in [6, 6.07) is 5.60. The van der Waals surface area contributed by atoms with Gasteiger partial charge < -0.3 is 5.11 Å². The van der Waals surface area contributed by atoms with Gasteiger partial charge in [-0.25, -0.2) is 26.3 Å². The van der Waals surface area contributed by atoms with E-state index in [-0.39, 0.29) is 12.0 Å². The highest BCUT2D eigenvalue weighted by molar-refractivity contribution is 5.73. The average molecular weight is 435 g/mol. The van der Waals surface area contributed by atoms with Crippen LogP contribution < -0.4 is 0 Å². The fraction of sp³-hybridized carbons (Fsp3) is 0.174. The maximum absolute atomic E-state index is 15.1. The Balaban J connectivity index is 2.04. The molecule has 0 aliphatic carbocycles. The Morgan fingerprint density at radius 3 is 1.81 bits per heavy atom. The number of nitrogens with zero attached hydrogens (tertiary/aromatic N) is 1. The van der Waals surface area contributed by atoms with Gasteiger partial charge in [-0.1, -0.05) is 6.92 Å². The quantitative estimate of drug-likeness (QED) is 0.491. The number of aryl methyl sites for hydroxylation is 2. The molecule has 0 fully saturated rings. The molecule has 0 atom stereocenters. The summed E-state index contributed by atoms with van der Waals surface area (Å²) in [7, 11) is 0. The smallest absolute Gasteiger partial charge is 0.144 e. The van der Waals surface area contributed by atoms with Gasteiger partial charge in [-0.3, -0.25) is 0 Å². The van der Waals surface area contributed by atoms with Gasteiger partial charge in [-0.05, 0) is 54.7 Å². The molecular weight excluding hydrogens is 420 g/mol. The average Bonchev–Trinajstić information content (AvgIpc) is 2.69. The zero-order valence-corrected chi connectivity index (χ0v) is 16.2. The molecule has 3 aromatic carbocycles. The highest BCUT2D eigenvalue weighted by atomic mass is 19.2. The molecule has 2 nitrogen and oxygen atoms in total. The third-order valence-electron chi connectivity index (χ3n) is 4.93. The van der Waals surface area contributed by atoms with Gasteiger partial charge in [0.15, 0.2) is 0 Å². The molecule has 0 bridgehead atoms. The first-order valence-corrected chi connectivity index (χ1v) is 9.24. The molecular formula is C23H15F6NO. The Kier molecular flexibility index (Phi) is 6.25. The fourth-order valence-electron chi connectivity index (χ4n) is 3.33. The second-order valence-corrected chi connectivity index (χ2v) is 6.88. The molecule has 160 valence electrons. The molecule has 0 unspecified atom stereocenters. The highest BCUT2D eigenvalue weighted by Crippen LogP contribution is 2.39. The summed E-state index contributed by atoms with van der Waals surface area (Å²) in [4.78, 5) is 0. The molecule has 0 spiro atoms. The van der Waals surface area contributed by atoms with Crippen LogP contribution in [0.2, 0.25) is 0 Å². The third kappa shape index (κ3) is 4.22. The summed E-state index contributed by atoms with van der Waals surface area (Å²) < 4.78 is 85.9. The number of phenols is 1. The van der Waals surface area contributed by atoms with Crippen molar-refractivity contribution < 1.29 is 31.4 Å². The van der Waals surface area contributed by atoms with Crippen molar-refractivity contribution in [2.24, 2.45) is 0 Å². The van der Waals surface area contributed by atoms with Crippen molar-refractivity contribution in [1.82, 2.24) is 0 Å². The molecule has 3 rings (SSSR count). The minimum absolute atomic E-state index is 0.0204. The van der Waals surface area contributed by atoms with Gasteiger partial charge >= 0.3 is 0 Å². The first kappa shape index (κ1) is 22.2. The second-order valence-electron chi connectivity index (χ2n) is 6.88. The van der Waals surface area contributed by atoms with E-state index in [1.54, 1.807) is 6.92 Å². The molecule has 0 aliphatic heterocycles. The van der Waals surface area contributed by atoms with Crippen molar-refractivity contribution in [3.63, 3.8) is 0 Å². The third-order valence-corrected chi connectivity index (χ3v) is 4.93. The number of benzene rings is 3. The predicted octanol–water partition coefficient (Wildman–Crippen LogP) is 6.11. The lowest BCUT2D eigenvalue weighted by atomic mass is 9.95. The number of phenolic OH excluding ortho intramolecular Hbond substituents is 1. The van der Waals surface area contributed by atoms with Crippen molar-refractivity contribution in [2.45, 2.75) is 26.2 Å². The Morgan fingerprint density at radius 1 is 0.742 bits per heavy atom. The fourth-order valence-corrected chi connectivity index (χ4v) is 3.33. The van der Waals surface area contributed by atoms with E-state index >= 15 is 4.39 Å². The number of rotatable bonds is 5. The SMILES string of the molecule is CCc1cc(F)c(-c2c(O)cc(F)c(CCc3cc(F)c(C#N)c(F)c3)c2F)c(F)c1. The minimum atomic E-state index is -1.38. The van der Waals surface area contributed by atoms with Gasteiger partial charge in [0.2, 0.25) is 0 Å². The van der Waals surface area contributed by atoms with Crippen LogP contribution in [0.1, 0.15) is 29.2 Å². The molecule has 0 amide bonds. The zero-order valence-electron chi connectivity index (χ0n) is 16.2. The number of aromatic hydroxyl groups is 1. The van der Waals surface area contributed by atoms with Crippen LogP contribution in [-0.2, 0) is 19.3 Å². The van der Waals surface area contributed by atoms with Crippen molar-refractivity contribution >= 4 is 0 Å². The van der Waals surface area contributed by atoms with Gasteiger partial charge in [0.25, 0.3) is 0 Å². The summed E-state index contributed by atoms with van der Waals surface area (Å²) in [6.45, 7) is 1.66. The van der Waals surface area contributed by atoms with Gasteiger partial charge in [-0.15, -0.1) is 0 Å². The van der Waals surface area contributed by atoms with E-state index in [1.807, 2.05) is 0 Å². The van der Waals surface area contributed by atoms with Crippen LogP contribution in [0.15, 0.2) is 30.3 Å². The Labute approximate surface area is 174 Å². The Bertz CT molecular complexity index is 1170.